The molecule has 2 aliphatic carbocycles. The summed E-state index contributed by atoms with van der Waals surface area (Å²) in [4.78, 5) is 0. The SMILES string of the molecule is Oc1c(Cl)cccc1-c1cccc2c1-c1ccccc1C21c2ccccc2-c2ccccc21. The van der Waals surface area contributed by atoms with Gasteiger partial charge in [-0.3, -0.25) is 0 Å². The Morgan fingerprint density at radius 1 is 0.455 bits per heavy atom. The molecule has 0 aliphatic heterocycles. The van der Waals surface area contributed by atoms with Gasteiger partial charge in [0.25, 0.3) is 0 Å². The van der Waals surface area contributed by atoms with Crippen LogP contribution in [0.2, 0.25) is 5.02 Å². The van der Waals surface area contributed by atoms with E-state index >= 15 is 0 Å². The number of hydrogen-bond donors (Lipinski definition) is 1. The van der Waals surface area contributed by atoms with E-state index in [0.29, 0.717) is 5.02 Å². The summed E-state index contributed by atoms with van der Waals surface area (Å²) >= 11 is 6.32. The first-order chi connectivity index (χ1) is 16.2. The van der Waals surface area contributed by atoms with Crippen LogP contribution in [-0.2, 0) is 5.41 Å². The van der Waals surface area contributed by atoms with Gasteiger partial charge in [0.2, 0.25) is 0 Å². The van der Waals surface area contributed by atoms with Gasteiger partial charge in [-0.2, -0.15) is 0 Å². The van der Waals surface area contributed by atoms with Crippen molar-refractivity contribution in [3.05, 3.63) is 136 Å². The van der Waals surface area contributed by atoms with Crippen LogP contribution in [0.3, 0.4) is 0 Å². The van der Waals surface area contributed by atoms with Crippen molar-refractivity contribution in [2.75, 3.05) is 0 Å². The van der Waals surface area contributed by atoms with Gasteiger partial charge in [-0.15, -0.1) is 0 Å². The Bertz CT molecular complexity index is 1550. The maximum absolute atomic E-state index is 10.9. The zero-order valence-corrected chi connectivity index (χ0v) is 18.5. The van der Waals surface area contributed by atoms with Crippen LogP contribution in [0.1, 0.15) is 22.3 Å². The van der Waals surface area contributed by atoms with Gasteiger partial charge < -0.3 is 5.11 Å². The topological polar surface area (TPSA) is 20.2 Å². The molecule has 0 saturated carbocycles. The lowest BCUT2D eigenvalue weighted by atomic mass is 9.70. The van der Waals surface area contributed by atoms with Gasteiger partial charge in [0.15, 0.2) is 0 Å². The molecule has 156 valence electrons. The number of hydrogen-bond acceptors (Lipinski definition) is 1. The van der Waals surface area contributed by atoms with Crippen molar-refractivity contribution >= 4 is 11.6 Å². The second-order valence-electron chi connectivity index (χ2n) is 8.75. The summed E-state index contributed by atoms with van der Waals surface area (Å²) in [5, 5.41) is 11.2. The van der Waals surface area contributed by atoms with Crippen LogP contribution in [-0.4, -0.2) is 5.11 Å². The molecule has 0 aromatic heterocycles. The van der Waals surface area contributed by atoms with E-state index in [1.165, 1.54) is 38.9 Å². The summed E-state index contributed by atoms with van der Waals surface area (Å²) in [6.45, 7) is 0. The Labute approximate surface area is 197 Å². The molecule has 7 rings (SSSR count). The van der Waals surface area contributed by atoms with Gasteiger partial charge in [0, 0.05) is 5.56 Å². The number of benzene rings is 5. The average Bonchev–Trinajstić information content (AvgIpc) is 3.33. The monoisotopic (exact) mass is 442 g/mol. The first-order valence-corrected chi connectivity index (χ1v) is 11.5. The molecule has 1 nitrogen and oxygen atoms in total. The van der Waals surface area contributed by atoms with Gasteiger partial charge >= 0.3 is 0 Å². The fourth-order valence-electron chi connectivity index (χ4n) is 6.10. The Morgan fingerprint density at radius 2 is 0.909 bits per heavy atom. The second-order valence-corrected chi connectivity index (χ2v) is 9.16. The van der Waals surface area contributed by atoms with Crippen LogP contribution >= 0.6 is 11.6 Å². The van der Waals surface area contributed by atoms with Crippen molar-refractivity contribution in [1.82, 2.24) is 0 Å². The highest BCUT2D eigenvalue weighted by molar-refractivity contribution is 6.32. The molecule has 1 spiro atoms. The number of fused-ring (bicyclic) bond motifs is 10. The first kappa shape index (κ1) is 18.7. The Hall–Kier alpha value is -3.81. The molecule has 0 heterocycles. The Balaban J connectivity index is 1.67. The van der Waals surface area contributed by atoms with E-state index in [4.69, 9.17) is 11.6 Å². The summed E-state index contributed by atoms with van der Waals surface area (Å²) in [5.41, 5.74) is 11.5. The highest BCUT2D eigenvalue weighted by Gasteiger charge is 2.51. The zero-order valence-electron chi connectivity index (χ0n) is 17.7. The van der Waals surface area contributed by atoms with E-state index in [1.54, 1.807) is 6.07 Å². The lowest BCUT2D eigenvalue weighted by Crippen LogP contribution is -2.25. The number of rotatable bonds is 1. The van der Waals surface area contributed by atoms with Crippen LogP contribution in [0.4, 0.5) is 0 Å². The molecular formula is C31H19ClO. The summed E-state index contributed by atoms with van der Waals surface area (Å²) in [7, 11) is 0. The van der Waals surface area contributed by atoms with Crippen molar-refractivity contribution in [2.45, 2.75) is 5.41 Å². The van der Waals surface area contributed by atoms with E-state index in [-0.39, 0.29) is 11.2 Å². The lowest BCUT2D eigenvalue weighted by Gasteiger charge is -2.30. The molecule has 0 atom stereocenters. The van der Waals surface area contributed by atoms with E-state index < -0.39 is 0 Å². The predicted molar refractivity (Wildman–Crippen MR) is 135 cm³/mol. The van der Waals surface area contributed by atoms with Crippen LogP contribution in [0, 0.1) is 0 Å². The van der Waals surface area contributed by atoms with Crippen molar-refractivity contribution < 1.29 is 5.11 Å². The van der Waals surface area contributed by atoms with Crippen LogP contribution < -0.4 is 0 Å². The van der Waals surface area contributed by atoms with Gasteiger partial charge in [-0.05, 0) is 56.1 Å². The Kier molecular flexibility index (Phi) is 3.75. The molecule has 2 aliphatic rings. The van der Waals surface area contributed by atoms with E-state index in [9.17, 15) is 5.11 Å². The number of para-hydroxylation sites is 1. The minimum Gasteiger partial charge on any atom is -0.506 e. The molecule has 0 radical (unpaired) electrons. The highest BCUT2D eigenvalue weighted by atomic mass is 35.5. The molecular weight excluding hydrogens is 424 g/mol. The largest absolute Gasteiger partial charge is 0.506 e. The number of halogens is 1. The fraction of sp³-hybridized carbons (Fsp3) is 0.0323. The molecule has 0 fully saturated rings. The van der Waals surface area contributed by atoms with Gasteiger partial charge in [0.05, 0.1) is 10.4 Å². The molecule has 2 heteroatoms. The third kappa shape index (κ3) is 2.23. The minimum atomic E-state index is -0.386. The first-order valence-electron chi connectivity index (χ1n) is 11.1. The van der Waals surface area contributed by atoms with Crippen LogP contribution in [0.5, 0.6) is 5.75 Å². The van der Waals surface area contributed by atoms with Crippen molar-refractivity contribution in [1.29, 1.82) is 0 Å². The van der Waals surface area contributed by atoms with Gasteiger partial charge in [0.1, 0.15) is 5.75 Å². The molecule has 5 aromatic rings. The van der Waals surface area contributed by atoms with Crippen molar-refractivity contribution in [2.24, 2.45) is 0 Å². The summed E-state index contributed by atoms with van der Waals surface area (Å²) in [5.74, 6) is 0.123. The lowest BCUT2D eigenvalue weighted by molar-refractivity contribution is 0.477. The summed E-state index contributed by atoms with van der Waals surface area (Å²) in [6.07, 6.45) is 0. The van der Waals surface area contributed by atoms with Gasteiger partial charge in [-0.1, -0.05) is 115 Å². The standard InChI is InChI=1S/C31H19ClO/c32-28-18-8-13-22(30(28)33)21-12-7-17-27-29(21)23-11-3-6-16-26(23)31(27)24-14-4-1-9-19(24)20-10-2-5-15-25(20)31/h1-18,33H. The third-order valence-electron chi connectivity index (χ3n) is 7.30. The normalized spacial score (nSPS) is 14.0. The summed E-state index contributed by atoms with van der Waals surface area (Å²) in [6, 6.07) is 38.2. The van der Waals surface area contributed by atoms with E-state index in [1.807, 2.05) is 12.1 Å². The highest BCUT2D eigenvalue weighted by Crippen LogP contribution is 2.64. The zero-order chi connectivity index (χ0) is 22.2. The van der Waals surface area contributed by atoms with Crippen molar-refractivity contribution in [3.8, 4) is 39.1 Å². The third-order valence-corrected chi connectivity index (χ3v) is 7.60. The maximum atomic E-state index is 10.9. The quantitative estimate of drug-likeness (QED) is 0.272. The number of phenols is 1. The molecule has 0 saturated heterocycles. The molecule has 5 aromatic carbocycles. The number of phenolic OH excluding ortho intramolecular Hbond substituents is 1. The van der Waals surface area contributed by atoms with Crippen LogP contribution in [0.15, 0.2) is 109 Å². The summed E-state index contributed by atoms with van der Waals surface area (Å²) < 4.78 is 0. The predicted octanol–water partition coefficient (Wildman–Crippen LogP) is 8.06. The smallest absolute Gasteiger partial charge is 0.142 e. The molecule has 0 bridgehead atoms. The van der Waals surface area contributed by atoms with E-state index in [2.05, 4.69) is 91.0 Å². The molecule has 0 amide bonds. The maximum Gasteiger partial charge on any atom is 0.142 e. The molecule has 0 unspecified atom stereocenters. The second kappa shape index (κ2) is 6.60. The number of aromatic hydroxyl groups is 1. The van der Waals surface area contributed by atoms with Crippen molar-refractivity contribution in [3.63, 3.8) is 0 Å². The fourth-order valence-corrected chi connectivity index (χ4v) is 6.28. The van der Waals surface area contributed by atoms with Crippen LogP contribution in [0.25, 0.3) is 33.4 Å². The Morgan fingerprint density at radius 3 is 1.58 bits per heavy atom. The average molecular weight is 443 g/mol. The van der Waals surface area contributed by atoms with E-state index in [0.717, 1.165) is 16.7 Å². The minimum absolute atomic E-state index is 0.123. The molecule has 1 N–H and O–H groups in total. The molecule has 33 heavy (non-hydrogen) atoms. The van der Waals surface area contributed by atoms with Gasteiger partial charge in [-0.25, -0.2) is 0 Å².